The van der Waals surface area contributed by atoms with Crippen molar-refractivity contribution in [2.24, 2.45) is 0 Å². The molecular weight excluding hydrogens is 345 g/mol. The lowest BCUT2D eigenvalue weighted by atomic mass is 10.1. The highest BCUT2D eigenvalue weighted by atomic mass is 35.5. The Morgan fingerprint density at radius 1 is 1.12 bits per heavy atom. The van der Waals surface area contributed by atoms with E-state index in [1.165, 1.54) is 5.56 Å². The molecule has 0 spiro atoms. The van der Waals surface area contributed by atoms with Gasteiger partial charge in [-0.05, 0) is 41.8 Å². The summed E-state index contributed by atoms with van der Waals surface area (Å²) in [4.78, 5) is 14.5. The zero-order valence-corrected chi connectivity index (χ0v) is 15.0. The van der Waals surface area contributed by atoms with Crippen molar-refractivity contribution in [3.05, 3.63) is 63.1 Å². The number of carbonyl (C=O) groups excluding carboxylic acids is 1. The quantitative estimate of drug-likeness (QED) is 0.781. The molecule has 5 heteroatoms. The molecule has 126 valence electrons. The zero-order valence-electron chi connectivity index (χ0n) is 13.5. The molecule has 0 saturated carbocycles. The van der Waals surface area contributed by atoms with E-state index in [2.05, 4.69) is 6.07 Å². The minimum atomic E-state index is 0.0995. The minimum Gasteiger partial charge on any atom is -0.493 e. The maximum Gasteiger partial charge on any atom is 0.227 e. The average Bonchev–Trinajstić information content (AvgIpc) is 3.03. The third-order valence-electron chi connectivity index (χ3n) is 4.20. The Morgan fingerprint density at radius 3 is 2.67 bits per heavy atom. The topological polar surface area (TPSA) is 29.5 Å². The summed E-state index contributed by atoms with van der Waals surface area (Å²) < 4.78 is 5.51. The van der Waals surface area contributed by atoms with Crippen LogP contribution in [0.1, 0.15) is 23.6 Å². The molecular formula is C19H19Cl2NO2. The third-order valence-corrected chi connectivity index (χ3v) is 4.94. The second-order valence-electron chi connectivity index (χ2n) is 5.87. The average molecular weight is 364 g/mol. The van der Waals surface area contributed by atoms with Crippen LogP contribution in [0.25, 0.3) is 0 Å². The lowest BCUT2D eigenvalue weighted by Gasteiger charge is -2.21. The van der Waals surface area contributed by atoms with Crippen LogP contribution in [-0.2, 0) is 24.2 Å². The van der Waals surface area contributed by atoms with Crippen LogP contribution < -0.4 is 4.74 Å². The minimum absolute atomic E-state index is 0.0995. The number of ether oxygens (including phenoxy) is 1. The van der Waals surface area contributed by atoms with Crippen molar-refractivity contribution in [2.75, 3.05) is 13.2 Å². The standard InChI is InChI=1S/C19H19Cl2NO2/c1-2-22(12-14-3-5-16(20)17(21)10-14)19(23)11-13-4-6-18-15(9-13)7-8-24-18/h3-6,9-10H,2,7-8,11-12H2,1H3. The van der Waals surface area contributed by atoms with Crippen molar-refractivity contribution in [1.82, 2.24) is 4.90 Å². The maximum absolute atomic E-state index is 12.6. The second-order valence-corrected chi connectivity index (χ2v) is 6.69. The number of amides is 1. The molecule has 0 N–H and O–H groups in total. The first-order valence-corrected chi connectivity index (χ1v) is 8.78. The lowest BCUT2D eigenvalue weighted by molar-refractivity contribution is -0.130. The summed E-state index contributed by atoms with van der Waals surface area (Å²) in [5, 5.41) is 1.03. The van der Waals surface area contributed by atoms with Gasteiger partial charge in [-0.2, -0.15) is 0 Å². The number of nitrogens with zero attached hydrogens (tertiary/aromatic N) is 1. The lowest BCUT2D eigenvalue weighted by Crippen LogP contribution is -2.31. The molecule has 24 heavy (non-hydrogen) atoms. The molecule has 2 aromatic carbocycles. The van der Waals surface area contributed by atoms with Gasteiger partial charge in [0.25, 0.3) is 0 Å². The maximum atomic E-state index is 12.6. The van der Waals surface area contributed by atoms with E-state index in [1.54, 1.807) is 6.07 Å². The highest BCUT2D eigenvalue weighted by molar-refractivity contribution is 6.42. The van der Waals surface area contributed by atoms with Crippen molar-refractivity contribution in [2.45, 2.75) is 26.3 Å². The number of fused-ring (bicyclic) bond motifs is 1. The van der Waals surface area contributed by atoms with Gasteiger partial charge in [0.1, 0.15) is 5.75 Å². The molecule has 3 nitrogen and oxygen atoms in total. The van der Waals surface area contributed by atoms with Crippen molar-refractivity contribution in [3.63, 3.8) is 0 Å². The first-order valence-electron chi connectivity index (χ1n) is 8.03. The summed E-state index contributed by atoms with van der Waals surface area (Å²) in [5.74, 6) is 1.04. The summed E-state index contributed by atoms with van der Waals surface area (Å²) in [6.45, 7) is 3.88. The summed E-state index contributed by atoms with van der Waals surface area (Å²) in [5.41, 5.74) is 3.19. The Balaban J connectivity index is 1.68. The van der Waals surface area contributed by atoms with Gasteiger partial charge in [0, 0.05) is 19.5 Å². The van der Waals surface area contributed by atoms with Gasteiger partial charge < -0.3 is 9.64 Å². The molecule has 0 unspecified atom stereocenters. The van der Waals surface area contributed by atoms with E-state index < -0.39 is 0 Å². The van der Waals surface area contributed by atoms with Gasteiger partial charge in [0.2, 0.25) is 5.91 Å². The monoisotopic (exact) mass is 363 g/mol. The van der Waals surface area contributed by atoms with E-state index in [4.69, 9.17) is 27.9 Å². The first kappa shape index (κ1) is 17.1. The molecule has 0 fully saturated rings. The summed E-state index contributed by atoms with van der Waals surface area (Å²) in [7, 11) is 0. The fourth-order valence-electron chi connectivity index (χ4n) is 2.87. The Hall–Kier alpha value is -1.71. The number of rotatable bonds is 5. The third kappa shape index (κ3) is 3.85. The van der Waals surface area contributed by atoms with E-state index >= 15 is 0 Å². The largest absolute Gasteiger partial charge is 0.493 e. The predicted molar refractivity (Wildman–Crippen MR) is 96.9 cm³/mol. The highest BCUT2D eigenvalue weighted by Crippen LogP contribution is 2.26. The van der Waals surface area contributed by atoms with Gasteiger partial charge in [-0.15, -0.1) is 0 Å². The number of likely N-dealkylation sites (N-methyl/N-ethyl adjacent to an activating group) is 1. The molecule has 1 aliphatic rings. The van der Waals surface area contributed by atoms with Crippen molar-refractivity contribution in [1.29, 1.82) is 0 Å². The van der Waals surface area contributed by atoms with E-state index in [1.807, 2.05) is 36.1 Å². The fraction of sp³-hybridized carbons (Fsp3) is 0.316. The Kier molecular flexibility index (Phi) is 5.32. The molecule has 1 amide bonds. The Labute approximate surface area is 152 Å². The van der Waals surface area contributed by atoms with Crippen LogP contribution in [0.2, 0.25) is 10.0 Å². The van der Waals surface area contributed by atoms with E-state index in [0.717, 1.165) is 29.9 Å². The molecule has 0 aliphatic carbocycles. The predicted octanol–water partition coefficient (Wildman–Crippen LogP) is 4.52. The van der Waals surface area contributed by atoms with Crippen LogP contribution >= 0.6 is 23.2 Å². The molecule has 0 bridgehead atoms. The summed E-state index contributed by atoms with van der Waals surface area (Å²) >= 11 is 12.0. The van der Waals surface area contributed by atoms with E-state index in [9.17, 15) is 4.79 Å². The molecule has 2 aromatic rings. The number of halogens is 2. The smallest absolute Gasteiger partial charge is 0.227 e. The van der Waals surface area contributed by atoms with Crippen molar-refractivity contribution < 1.29 is 9.53 Å². The number of carbonyl (C=O) groups is 1. The number of hydrogen-bond acceptors (Lipinski definition) is 2. The van der Waals surface area contributed by atoms with Crippen LogP contribution in [0, 0.1) is 0 Å². The first-order chi connectivity index (χ1) is 11.6. The van der Waals surface area contributed by atoms with Crippen LogP contribution in [0.5, 0.6) is 5.75 Å². The van der Waals surface area contributed by atoms with E-state index in [-0.39, 0.29) is 5.91 Å². The second kappa shape index (κ2) is 7.45. The molecule has 0 saturated heterocycles. The molecule has 1 aliphatic heterocycles. The van der Waals surface area contributed by atoms with Crippen LogP contribution in [-0.4, -0.2) is 24.0 Å². The molecule has 0 radical (unpaired) electrons. The zero-order chi connectivity index (χ0) is 17.1. The van der Waals surface area contributed by atoms with Gasteiger partial charge in [-0.1, -0.05) is 41.4 Å². The van der Waals surface area contributed by atoms with Gasteiger partial charge in [0.05, 0.1) is 23.1 Å². The van der Waals surface area contributed by atoms with Crippen LogP contribution in [0.4, 0.5) is 0 Å². The molecule has 0 atom stereocenters. The van der Waals surface area contributed by atoms with Crippen LogP contribution in [0.15, 0.2) is 36.4 Å². The molecule has 1 heterocycles. The van der Waals surface area contributed by atoms with E-state index in [0.29, 0.717) is 29.6 Å². The Bertz CT molecular complexity index is 761. The molecule has 3 rings (SSSR count). The van der Waals surface area contributed by atoms with Crippen LogP contribution in [0.3, 0.4) is 0 Å². The Morgan fingerprint density at radius 2 is 1.92 bits per heavy atom. The summed E-state index contributed by atoms with van der Waals surface area (Å²) in [6.07, 6.45) is 1.31. The van der Waals surface area contributed by atoms with Crippen molar-refractivity contribution in [3.8, 4) is 5.75 Å². The summed E-state index contributed by atoms with van der Waals surface area (Å²) in [6, 6.07) is 11.5. The SMILES string of the molecule is CCN(Cc1ccc(Cl)c(Cl)c1)C(=O)Cc1ccc2c(c1)CCO2. The van der Waals surface area contributed by atoms with Gasteiger partial charge in [-0.25, -0.2) is 0 Å². The number of benzene rings is 2. The van der Waals surface area contributed by atoms with Gasteiger partial charge >= 0.3 is 0 Å². The fourth-order valence-corrected chi connectivity index (χ4v) is 3.19. The van der Waals surface area contributed by atoms with Gasteiger partial charge in [-0.3, -0.25) is 4.79 Å². The molecule has 0 aromatic heterocycles. The van der Waals surface area contributed by atoms with Gasteiger partial charge in [0.15, 0.2) is 0 Å². The number of hydrogen-bond donors (Lipinski definition) is 0. The highest BCUT2D eigenvalue weighted by Gasteiger charge is 2.16. The van der Waals surface area contributed by atoms with Crippen molar-refractivity contribution >= 4 is 29.1 Å². The normalized spacial score (nSPS) is 12.6.